The molecule has 0 saturated carbocycles. The van der Waals surface area contributed by atoms with Gasteiger partial charge in [0, 0.05) is 17.4 Å². The molecular weight excluding hydrogens is 609 g/mol. The molecule has 0 N–H and O–H groups in total. The highest BCUT2D eigenvalue weighted by Crippen LogP contribution is 2.46. The average Bonchev–Trinajstić information content (AvgIpc) is 3.59. The van der Waals surface area contributed by atoms with E-state index in [1.807, 2.05) is 24.4 Å². The highest BCUT2D eigenvalue weighted by atomic mass is 16.3. The van der Waals surface area contributed by atoms with E-state index in [4.69, 9.17) is 9.40 Å². The van der Waals surface area contributed by atoms with Gasteiger partial charge >= 0.3 is 0 Å². The van der Waals surface area contributed by atoms with Gasteiger partial charge in [-0.15, -0.1) is 0 Å². The van der Waals surface area contributed by atoms with Crippen molar-refractivity contribution in [3.63, 3.8) is 0 Å². The van der Waals surface area contributed by atoms with Crippen molar-refractivity contribution in [2.75, 3.05) is 4.90 Å². The second kappa shape index (κ2) is 12.7. The Bertz CT molecular complexity index is 2550. The standard InChI is InChI=1S/C47H32N2O/c1-3-11-33(12-4-1)35-20-22-37(23-21-35)38-28-30-40(31-29-38)49(43-17-9-18-44-46(43)47-45(50-44)19-10-32-48-47)42-16-8-7-15-41(42)39-26-24-36(25-27-39)34-13-5-2-6-14-34/h1-32H. The van der Waals surface area contributed by atoms with Crippen molar-refractivity contribution in [3.05, 3.63) is 194 Å². The van der Waals surface area contributed by atoms with Crippen LogP contribution in [0.2, 0.25) is 0 Å². The smallest absolute Gasteiger partial charge is 0.153 e. The zero-order valence-electron chi connectivity index (χ0n) is 27.3. The van der Waals surface area contributed by atoms with E-state index in [9.17, 15) is 0 Å². The molecule has 0 radical (unpaired) electrons. The lowest BCUT2D eigenvalue weighted by atomic mass is 9.97. The van der Waals surface area contributed by atoms with Crippen LogP contribution < -0.4 is 4.90 Å². The van der Waals surface area contributed by atoms with Crippen LogP contribution in [-0.2, 0) is 0 Å². The third-order valence-electron chi connectivity index (χ3n) is 9.37. The summed E-state index contributed by atoms with van der Waals surface area (Å²) in [6.45, 7) is 0. The minimum Gasteiger partial charge on any atom is -0.454 e. The molecule has 50 heavy (non-hydrogen) atoms. The van der Waals surface area contributed by atoms with Crippen molar-refractivity contribution in [1.82, 2.24) is 4.98 Å². The number of rotatable bonds is 7. The first-order chi connectivity index (χ1) is 24.8. The molecule has 9 rings (SSSR count). The summed E-state index contributed by atoms with van der Waals surface area (Å²) < 4.78 is 6.31. The van der Waals surface area contributed by atoms with Gasteiger partial charge in [-0.3, -0.25) is 4.98 Å². The summed E-state index contributed by atoms with van der Waals surface area (Å²) in [7, 11) is 0. The maximum absolute atomic E-state index is 6.31. The second-order valence-electron chi connectivity index (χ2n) is 12.4. The van der Waals surface area contributed by atoms with Crippen LogP contribution in [0.3, 0.4) is 0 Å². The van der Waals surface area contributed by atoms with E-state index >= 15 is 0 Å². The van der Waals surface area contributed by atoms with Gasteiger partial charge in [0.15, 0.2) is 5.58 Å². The molecule has 0 atom stereocenters. The fourth-order valence-corrected chi connectivity index (χ4v) is 6.89. The normalized spacial score (nSPS) is 11.2. The molecule has 2 aromatic heterocycles. The largest absolute Gasteiger partial charge is 0.454 e. The van der Waals surface area contributed by atoms with Crippen molar-refractivity contribution >= 4 is 39.1 Å². The summed E-state index contributed by atoms with van der Waals surface area (Å²) in [5.74, 6) is 0. The summed E-state index contributed by atoms with van der Waals surface area (Å²) in [6, 6.07) is 66.3. The van der Waals surface area contributed by atoms with Gasteiger partial charge in [-0.2, -0.15) is 0 Å². The SMILES string of the molecule is c1ccc(-c2ccc(-c3ccc(N(c4ccccc4-c4ccc(-c5ccccc5)cc4)c4cccc5oc6cccnc6c45)cc3)cc2)cc1. The van der Waals surface area contributed by atoms with Crippen LogP contribution in [0, 0.1) is 0 Å². The van der Waals surface area contributed by atoms with Gasteiger partial charge in [-0.1, -0.05) is 146 Å². The molecule has 0 unspecified atom stereocenters. The Balaban J connectivity index is 1.17. The summed E-state index contributed by atoms with van der Waals surface area (Å²) in [5, 5.41) is 0.984. The number of hydrogen-bond acceptors (Lipinski definition) is 3. The van der Waals surface area contributed by atoms with Crippen molar-refractivity contribution < 1.29 is 4.42 Å². The van der Waals surface area contributed by atoms with Gasteiger partial charge < -0.3 is 9.32 Å². The maximum atomic E-state index is 6.31. The van der Waals surface area contributed by atoms with Gasteiger partial charge in [-0.25, -0.2) is 0 Å². The quantitative estimate of drug-likeness (QED) is 0.174. The number of para-hydroxylation sites is 1. The first-order valence-electron chi connectivity index (χ1n) is 16.9. The summed E-state index contributed by atoms with van der Waals surface area (Å²) in [4.78, 5) is 7.12. The van der Waals surface area contributed by atoms with E-state index in [0.717, 1.165) is 55.8 Å². The number of hydrogen-bond donors (Lipinski definition) is 0. The maximum Gasteiger partial charge on any atom is 0.153 e. The van der Waals surface area contributed by atoms with E-state index in [1.165, 1.54) is 27.8 Å². The number of nitrogens with zero attached hydrogens (tertiary/aromatic N) is 2. The highest BCUT2D eigenvalue weighted by Gasteiger charge is 2.22. The van der Waals surface area contributed by atoms with E-state index in [2.05, 4.69) is 175 Å². The van der Waals surface area contributed by atoms with Gasteiger partial charge in [0.25, 0.3) is 0 Å². The van der Waals surface area contributed by atoms with Crippen molar-refractivity contribution in [1.29, 1.82) is 0 Å². The van der Waals surface area contributed by atoms with Crippen LogP contribution >= 0.6 is 0 Å². The van der Waals surface area contributed by atoms with E-state index < -0.39 is 0 Å². The molecule has 9 aromatic rings. The summed E-state index contributed by atoms with van der Waals surface area (Å²) in [5.41, 5.74) is 15.0. The number of furan rings is 1. The Morgan fingerprint density at radius 2 is 0.840 bits per heavy atom. The number of pyridine rings is 1. The minimum absolute atomic E-state index is 0.772. The predicted octanol–water partition coefficient (Wildman–Crippen LogP) is 13.1. The van der Waals surface area contributed by atoms with Crippen LogP contribution in [-0.4, -0.2) is 4.98 Å². The number of anilines is 3. The molecule has 0 bridgehead atoms. The fourth-order valence-electron chi connectivity index (χ4n) is 6.89. The highest BCUT2D eigenvalue weighted by molar-refractivity contribution is 6.12. The Kier molecular flexibility index (Phi) is 7.49. The first kappa shape index (κ1) is 29.4. The van der Waals surface area contributed by atoms with Crippen LogP contribution in [0.25, 0.3) is 66.6 Å². The van der Waals surface area contributed by atoms with Crippen LogP contribution in [0.5, 0.6) is 0 Å². The molecule has 0 aliphatic heterocycles. The van der Waals surface area contributed by atoms with Gasteiger partial charge in [0.2, 0.25) is 0 Å². The molecule has 236 valence electrons. The molecular formula is C47H32N2O. The molecule has 0 amide bonds. The summed E-state index contributed by atoms with van der Waals surface area (Å²) in [6.07, 6.45) is 1.83. The lowest BCUT2D eigenvalue weighted by Crippen LogP contribution is -2.11. The Morgan fingerprint density at radius 3 is 1.46 bits per heavy atom. The first-order valence-corrected chi connectivity index (χ1v) is 16.9. The van der Waals surface area contributed by atoms with Crippen molar-refractivity contribution in [2.24, 2.45) is 0 Å². The Hall–Kier alpha value is -6.71. The zero-order chi connectivity index (χ0) is 33.3. The van der Waals surface area contributed by atoms with Crippen molar-refractivity contribution in [3.8, 4) is 44.5 Å². The number of fused-ring (bicyclic) bond motifs is 3. The average molecular weight is 641 g/mol. The molecule has 0 fully saturated rings. The van der Waals surface area contributed by atoms with Crippen LogP contribution in [0.15, 0.2) is 199 Å². The zero-order valence-corrected chi connectivity index (χ0v) is 27.3. The van der Waals surface area contributed by atoms with Crippen LogP contribution in [0.4, 0.5) is 17.1 Å². The lowest BCUT2D eigenvalue weighted by molar-refractivity contribution is 0.668. The predicted molar refractivity (Wildman–Crippen MR) is 208 cm³/mol. The van der Waals surface area contributed by atoms with E-state index in [1.54, 1.807) is 0 Å². The molecule has 0 aliphatic carbocycles. The molecule has 0 spiro atoms. The monoisotopic (exact) mass is 640 g/mol. The molecule has 0 aliphatic rings. The van der Waals surface area contributed by atoms with Gasteiger partial charge in [-0.05, 0) is 81.4 Å². The van der Waals surface area contributed by atoms with Crippen LogP contribution in [0.1, 0.15) is 0 Å². The van der Waals surface area contributed by atoms with E-state index in [0.29, 0.717) is 0 Å². The van der Waals surface area contributed by atoms with Gasteiger partial charge in [0.05, 0.1) is 16.8 Å². The molecule has 3 heteroatoms. The minimum atomic E-state index is 0.772. The van der Waals surface area contributed by atoms with E-state index in [-0.39, 0.29) is 0 Å². The topological polar surface area (TPSA) is 29.3 Å². The molecule has 0 saturated heterocycles. The number of aromatic nitrogens is 1. The fraction of sp³-hybridized carbons (Fsp3) is 0. The number of benzene rings is 7. The molecule has 7 aromatic carbocycles. The van der Waals surface area contributed by atoms with Gasteiger partial charge in [0.1, 0.15) is 11.1 Å². The summed E-state index contributed by atoms with van der Waals surface area (Å²) >= 11 is 0. The lowest BCUT2D eigenvalue weighted by Gasteiger charge is -2.28. The Labute approximate surface area is 291 Å². The molecule has 3 nitrogen and oxygen atoms in total. The third kappa shape index (κ3) is 5.41. The second-order valence-corrected chi connectivity index (χ2v) is 12.4. The Morgan fingerprint density at radius 1 is 0.360 bits per heavy atom. The van der Waals surface area contributed by atoms with Crippen molar-refractivity contribution in [2.45, 2.75) is 0 Å². The third-order valence-corrected chi connectivity index (χ3v) is 9.37. The molecule has 2 heterocycles.